The zero-order valence-corrected chi connectivity index (χ0v) is 11.1. The smallest absolute Gasteiger partial charge is 0.188 e. The molecule has 0 aliphatic heterocycles. The van der Waals surface area contributed by atoms with Gasteiger partial charge in [0.1, 0.15) is 5.75 Å². The van der Waals surface area contributed by atoms with Crippen LogP contribution in [-0.2, 0) is 4.74 Å². The van der Waals surface area contributed by atoms with Gasteiger partial charge in [0.05, 0.1) is 0 Å². The molecule has 0 heterocycles. The standard InChI is InChI=1S/C16H18O2/c1-12-9-13(2)16(18-11-17-3)15(10-12)14-7-5-4-6-8-14/h4-10H,11H2,1-3H3. The average Bonchev–Trinajstić information content (AvgIpc) is 2.38. The van der Waals surface area contributed by atoms with E-state index < -0.39 is 0 Å². The molecule has 0 saturated carbocycles. The molecule has 2 aromatic rings. The zero-order chi connectivity index (χ0) is 13.0. The lowest BCUT2D eigenvalue weighted by Gasteiger charge is -2.15. The fourth-order valence-corrected chi connectivity index (χ4v) is 2.10. The Morgan fingerprint density at radius 3 is 2.39 bits per heavy atom. The summed E-state index contributed by atoms with van der Waals surface area (Å²) in [7, 11) is 1.63. The van der Waals surface area contributed by atoms with E-state index in [1.54, 1.807) is 7.11 Å². The fraction of sp³-hybridized carbons (Fsp3) is 0.250. The van der Waals surface area contributed by atoms with E-state index in [0.717, 1.165) is 22.4 Å². The summed E-state index contributed by atoms with van der Waals surface area (Å²) in [5.41, 5.74) is 4.64. The molecule has 0 amide bonds. The number of methoxy groups -OCH3 is 1. The van der Waals surface area contributed by atoms with Crippen LogP contribution in [0.3, 0.4) is 0 Å². The SMILES string of the molecule is COCOc1c(C)cc(C)cc1-c1ccccc1. The zero-order valence-electron chi connectivity index (χ0n) is 11.1. The highest BCUT2D eigenvalue weighted by Crippen LogP contribution is 2.34. The van der Waals surface area contributed by atoms with E-state index in [4.69, 9.17) is 9.47 Å². The Hall–Kier alpha value is -1.80. The van der Waals surface area contributed by atoms with Crippen molar-refractivity contribution >= 4 is 0 Å². The maximum atomic E-state index is 5.70. The highest BCUT2D eigenvalue weighted by atomic mass is 16.7. The van der Waals surface area contributed by atoms with Crippen LogP contribution in [0.5, 0.6) is 5.75 Å². The first-order valence-electron chi connectivity index (χ1n) is 6.01. The highest BCUT2D eigenvalue weighted by Gasteiger charge is 2.10. The minimum absolute atomic E-state index is 0.268. The second-order valence-corrected chi connectivity index (χ2v) is 4.38. The van der Waals surface area contributed by atoms with Gasteiger partial charge in [-0.3, -0.25) is 0 Å². The van der Waals surface area contributed by atoms with Crippen LogP contribution in [0.4, 0.5) is 0 Å². The van der Waals surface area contributed by atoms with Crippen molar-refractivity contribution in [3.63, 3.8) is 0 Å². The van der Waals surface area contributed by atoms with E-state index in [1.807, 2.05) is 18.2 Å². The molecule has 2 aromatic carbocycles. The lowest BCUT2D eigenvalue weighted by molar-refractivity contribution is 0.0510. The van der Waals surface area contributed by atoms with Crippen molar-refractivity contribution in [3.8, 4) is 16.9 Å². The summed E-state index contributed by atoms with van der Waals surface area (Å²) >= 11 is 0. The van der Waals surface area contributed by atoms with E-state index in [9.17, 15) is 0 Å². The van der Waals surface area contributed by atoms with Crippen LogP contribution >= 0.6 is 0 Å². The Labute approximate surface area is 108 Å². The lowest BCUT2D eigenvalue weighted by Crippen LogP contribution is -2.02. The summed E-state index contributed by atoms with van der Waals surface area (Å²) in [5, 5.41) is 0. The molecule has 2 nitrogen and oxygen atoms in total. The molecule has 0 bridgehead atoms. The third-order valence-corrected chi connectivity index (χ3v) is 2.82. The molecule has 0 saturated heterocycles. The van der Waals surface area contributed by atoms with Crippen molar-refractivity contribution in [1.29, 1.82) is 0 Å². The van der Waals surface area contributed by atoms with Crippen molar-refractivity contribution in [2.45, 2.75) is 13.8 Å². The van der Waals surface area contributed by atoms with E-state index in [2.05, 4.69) is 38.1 Å². The first-order chi connectivity index (χ1) is 8.72. The van der Waals surface area contributed by atoms with E-state index >= 15 is 0 Å². The van der Waals surface area contributed by atoms with Gasteiger partial charge in [-0.15, -0.1) is 0 Å². The van der Waals surface area contributed by atoms with Gasteiger partial charge in [0.15, 0.2) is 6.79 Å². The number of benzene rings is 2. The Balaban J connectivity index is 2.50. The van der Waals surface area contributed by atoms with E-state index in [1.165, 1.54) is 5.56 Å². The Morgan fingerprint density at radius 1 is 1.00 bits per heavy atom. The second-order valence-electron chi connectivity index (χ2n) is 4.38. The maximum Gasteiger partial charge on any atom is 0.188 e. The summed E-state index contributed by atoms with van der Waals surface area (Å²) in [5.74, 6) is 0.897. The largest absolute Gasteiger partial charge is 0.467 e. The molecular formula is C16H18O2. The highest BCUT2D eigenvalue weighted by molar-refractivity contribution is 5.72. The first kappa shape index (κ1) is 12.7. The number of aryl methyl sites for hydroxylation is 2. The number of hydrogen-bond acceptors (Lipinski definition) is 2. The predicted octanol–water partition coefficient (Wildman–Crippen LogP) is 3.95. The van der Waals surface area contributed by atoms with Gasteiger partial charge < -0.3 is 9.47 Å². The average molecular weight is 242 g/mol. The Bertz CT molecular complexity index is 518. The minimum Gasteiger partial charge on any atom is -0.467 e. The first-order valence-corrected chi connectivity index (χ1v) is 6.01. The lowest BCUT2D eigenvalue weighted by atomic mass is 9.99. The minimum atomic E-state index is 0.268. The monoisotopic (exact) mass is 242 g/mol. The molecule has 0 radical (unpaired) electrons. The van der Waals surface area contributed by atoms with Gasteiger partial charge in [-0.2, -0.15) is 0 Å². The summed E-state index contributed by atoms with van der Waals surface area (Å²) in [4.78, 5) is 0. The van der Waals surface area contributed by atoms with Crippen molar-refractivity contribution in [2.75, 3.05) is 13.9 Å². The van der Waals surface area contributed by atoms with Crippen molar-refractivity contribution in [1.82, 2.24) is 0 Å². The summed E-state index contributed by atoms with van der Waals surface area (Å²) < 4.78 is 10.7. The van der Waals surface area contributed by atoms with E-state index in [-0.39, 0.29) is 6.79 Å². The molecule has 0 aliphatic carbocycles. The van der Waals surface area contributed by atoms with Crippen molar-refractivity contribution < 1.29 is 9.47 Å². The number of ether oxygens (including phenoxy) is 2. The van der Waals surface area contributed by atoms with Gasteiger partial charge in [0.25, 0.3) is 0 Å². The van der Waals surface area contributed by atoms with Crippen LogP contribution < -0.4 is 4.74 Å². The van der Waals surface area contributed by atoms with Gasteiger partial charge in [0, 0.05) is 12.7 Å². The van der Waals surface area contributed by atoms with Gasteiger partial charge in [0.2, 0.25) is 0 Å². The normalized spacial score (nSPS) is 10.4. The molecule has 0 N–H and O–H groups in total. The molecule has 94 valence electrons. The maximum absolute atomic E-state index is 5.70. The van der Waals surface area contributed by atoms with Crippen LogP contribution in [0.25, 0.3) is 11.1 Å². The van der Waals surface area contributed by atoms with Crippen molar-refractivity contribution in [2.24, 2.45) is 0 Å². The molecule has 2 heteroatoms. The third kappa shape index (κ3) is 2.71. The molecular weight excluding hydrogens is 224 g/mol. The fourth-order valence-electron chi connectivity index (χ4n) is 2.10. The molecule has 0 aliphatic rings. The van der Waals surface area contributed by atoms with E-state index in [0.29, 0.717) is 0 Å². The summed E-state index contributed by atoms with van der Waals surface area (Å²) in [6.07, 6.45) is 0. The third-order valence-electron chi connectivity index (χ3n) is 2.82. The number of rotatable bonds is 4. The predicted molar refractivity (Wildman–Crippen MR) is 73.9 cm³/mol. The van der Waals surface area contributed by atoms with Gasteiger partial charge in [-0.1, -0.05) is 36.4 Å². The molecule has 0 atom stereocenters. The number of hydrogen-bond donors (Lipinski definition) is 0. The van der Waals surface area contributed by atoms with Crippen LogP contribution in [0.15, 0.2) is 42.5 Å². The molecule has 0 unspecified atom stereocenters. The van der Waals surface area contributed by atoms with Gasteiger partial charge in [-0.25, -0.2) is 0 Å². The Morgan fingerprint density at radius 2 is 1.72 bits per heavy atom. The second kappa shape index (κ2) is 5.69. The van der Waals surface area contributed by atoms with Gasteiger partial charge >= 0.3 is 0 Å². The quantitative estimate of drug-likeness (QED) is 0.756. The molecule has 0 spiro atoms. The Kier molecular flexibility index (Phi) is 4.00. The molecule has 18 heavy (non-hydrogen) atoms. The topological polar surface area (TPSA) is 18.5 Å². The van der Waals surface area contributed by atoms with Crippen molar-refractivity contribution in [3.05, 3.63) is 53.6 Å². The van der Waals surface area contributed by atoms with Crippen LogP contribution in [0.2, 0.25) is 0 Å². The summed E-state index contributed by atoms with van der Waals surface area (Å²) in [6.45, 7) is 4.42. The molecule has 0 aromatic heterocycles. The molecule has 0 fully saturated rings. The summed E-state index contributed by atoms with van der Waals surface area (Å²) in [6, 6.07) is 14.5. The van der Waals surface area contributed by atoms with Gasteiger partial charge in [-0.05, 0) is 36.6 Å². The van der Waals surface area contributed by atoms with Crippen LogP contribution in [-0.4, -0.2) is 13.9 Å². The van der Waals surface area contributed by atoms with Crippen LogP contribution in [0, 0.1) is 13.8 Å². The molecule has 2 rings (SSSR count). The van der Waals surface area contributed by atoms with Crippen LogP contribution in [0.1, 0.15) is 11.1 Å².